The van der Waals surface area contributed by atoms with Crippen LogP contribution in [0, 0.1) is 0 Å². The van der Waals surface area contributed by atoms with E-state index in [-0.39, 0.29) is 0 Å². The number of carbonyl (C=O) groups excluding carboxylic acids is 1. The third-order valence-electron chi connectivity index (χ3n) is 2.43. The molecule has 0 saturated carbocycles. The average molecular weight is 189 g/mol. The zero-order valence-electron chi connectivity index (χ0n) is 7.66. The molecule has 13 heavy (non-hydrogen) atoms. The standard InChI is InChI=1S/C8H15NO4/c1-12-6-3-2-4-13-8(6,5-10)7(9)11/h6,10H,2-5H2,1H3,(H2,9,11). The van der Waals surface area contributed by atoms with Crippen molar-refractivity contribution < 1.29 is 19.4 Å². The normalized spacial score (nSPS) is 34.5. The average Bonchev–Trinajstić information content (AvgIpc) is 2.17. The van der Waals surface area contributed by atoms with E-state index in [0.717, 1.165) is 6.42 Å². The van der Waals surface area contributed by atoms with Crippen LogP contribution in [0.1, 0.15) is 12.8 Å². The highest BCUT2D eigenvalue weighted by Crippen LogP contribution is 2.27. The fourth-order valence-electron chi connectivity index (χ4n) is 1.61. The van der Waals surface area contributed by atoms with Crippen LogP contribution >= 0.6 is 0 Å². The molecule has 3 N–H and O–H groups in total. The van der Waals surface area contributed by atoms with Gasteiger partial charge in [0.05, 0.1) is 12.7 Å². The van der Waals surface area contributed by atoms with Crippen molar-refractivity contribution in [2.24, 2.45) is 5.73 Å². The maximum atomic E-state index is 11.1. The molecule has 0 aromatic heterocycles. The first-order valence-electron chi connectivity index (χ1n) is 4.25. The molecule has 0 aromatic rings. The lowest BCUT2D eigenvalue weighted by Crippen LogP contribution is -2.60. The van der Waals surface area contributed by atoms with Crippen LogP contribution in [-0.4, -0.2) is 43.0 Å². The molecule has 1 saturated heterocycles. The first-order chi connectivity index (χ1) is 6.17. The van der Waals surface area contributed by atoms with Crippen LogP contribution in [0.4, 0.5) is 0 Å². The van der Waals surface area contributed by atoms with Crippen molar-refractivity contribution in [1.29, 1.82) is 0 Å². The topological polar surface area (TPSA) is 81.8 Å². The number of hydrogen-bond acceptors (Lipinski definition) is 4. The van der Waals surface area contributed by atoms with Crippen LogP contribution in [-0.2, 0) is 14.3 Å². The molecular formula is C8H15NO4. The Kier molecular flexibility index (Phi) is 3.24. The van der Waals surface area contributed by atoms with Gasteiger partial charge in [-0.15, -0.1) is 0 Å². The van der Waals surface area contributed by atoms with E-state index >= 15 is 0 Å². The van der Waals surface area contributed by atoms with Crippen molar-refractivity contribution in [2.45, 2.75) is 24.5 Å². The van der Waals surface area contributed by atoms with E-state index < -0.39 is 24.2 Å². The molecule has 1 aliphatic heterocycles. The number of amides is 1. The summed E-state index contributed by atoms with van der Waals surface area (Å²) < 4.78 is 10.3. The zero-order valence-corrected chi connectivity index (χ0v) is 7.66. The van der Waals surface area contributed by atoms with Gasteiger partial charge in [0, 0.05) is 13.7 Å². The summed E-state index contributed by atoms with van der Waals surface area (Å²) in [6, 6.07) is 0. The summed E-state index contributed by atoms with van der Waals surface area (Å²) in [6.45, 7) is 0.00417. The van der Waals surface area contributed by atoms with Gasteiger partial charge < -0.3 is 20.3 Å². The summed E-state index contributed by atoms with van der Waals surface area (Å²) in [5.74, 6) is -0.665. The summed E-state index contributed by atoms with van der Waals surface area (Å²) in [7, 11) is 1.48. The van der Waals surface area contributed by atoms with E-state index in [1.54, 1.807) is 0 Å². The van der Waals surface area contributed by atoms with Gasteiger partial charge in [0.1, 0.15) is 0 Å². The number of ether oxygens (including phenoxy) is 2. The highest BCUT2D eigenvalue weighted by atomic mass is 16.6. The number of primary amides is 1. The molecule has 1 fully saturated rings. The van der Waals surface area contributed by atoms with Gasteiger partial charge in [-0.05, 0) is 12.8 Å². The van der Waals surface area contributed by atoms with Gasteiger partial charge in [-0.3, -0.25) is 4.79 Å². The second kappa shape index (κ2) is 4.04. The highest BCUT2D eigenvalue weighted by molar-refractivity contribution is 5.84. The molecule has 2 atom stereocenters. The van der Waals surface area contributed by atoms with Gasteiger partial charge in [0.15, 0.2) is 5.60 Å². The van der Waals surface area contributed by atoms with Crippen LogP contribution in [0.25, 0.3) is 0 Å². The number of methoxy groups -OCH3 is 1. The molecule has 0 bridgehead atoms. The number of carbonyl (C=O) groups is 1. The molecule has 1 rings (SSSR count). The van der Waals surface area contributed by atoms with Crippen molar-refractivity contribution in [1.82, 2.24) is 0 Å². The molecule has 1 aliphatic rings. The minimum Gasteiger partial charge on any atom is -0.393 e. The molecule has 0 spiro atoms. The fourth-order valence-corrected chi connectivity index (χ4v) is 1.61. The van der Waals surface area contributed by atoms with Crippen molar-refractivity contribution in [2.75, 3.05) is 20.3 Å². The fraction of sp³-hybridized carbons (Fsp3) is 0.875. The Bertz CT molecular complexity index is 197. The molecule has 5 heteroatoms. The van der Waals surface area contributed by atoms with E-state index in [2.05, 4.69) is 0 Å². The van der Waals surface area contributed by atoms with Crippen LogP contribution < -0.4 is 5.73 Å². The van der Waals surface area contributed by atoms with Crippen LogP contribution in [0.5, 0.6) is 0 Å². The van der Waals surface area contributed by atoms with Crippen molar-refractivity contribution in [3.8, 4) is 0 Å². The van der Waals surface area contributed by atoms with E-state index in [1.807, 2.05) is 0 Å². The number of rotatable bonds is 3. The molecule has 1 heterocycles. The van der Waals surface area contributed by atoms with Crippen molar-refractivity contribution >= 4 is 5.91 Å². The predicted octanol–water partition coefficient (Wildman–Crippen LogP) is -0.972. The van der Waals surface area contributed by atoms with Gasteiger partial charge in [-0.1, -0.05) is 0 Å². The second-order valence-corrected chi connectivity index (χ2v) is 3.13. The minimum atomic E-state index is -1.34. The number of aliphatic hydroxyl groups excluding tert-OH is 1. The van der Waals surface area contributed by atoms with Crippen LogP contribution in [0.2, 0.25) is 0 Å². The van der Waals surface area contributed by atoms with Gasteiger partial charge in [0.25, 0.3) is 5.91 Å². The van der Waals surface area contributed by atoms with Gasteiger partial charge >= 0.3 is 0 Å². The summed E-state index contributed by atoms with van der Waals surface area (Å²) in [6.07, 6.45) is 1.05. The zero-order chi connectivity index (χ0) is 9.90. The first-order valence-corrected chi connectivity index (χ1v) is 4.25. The molecule has 2 unspecified atom stereocenters. The molecule has 0 aliphatic carbocycles. The third-order valence-corrected chi connectivity index (χ3v) is 2.43. The summed E-state index contributed by atoms with van der Waals surface area (Å²) >= 11 is 0. The lowest BCUT2D eigenvalue weighted by atomic mass is 9.90. The molecular weight excluding hydrogens is 174 g/mol. The minimum absolute atomic E-state index is 0.430. The van der Waals surface area contributed by atoms with Gasteiger partial charge in [-0.25, -0.2) is 0 Å². The highest BCUT2D eigenvalue weighted by Gasteiger charge is 2.47. The maximum Gasteiger partial charge on any atom is 0.254 e. The lowest BCUT2D eigenvalue weighted by Gasteiger charge is -2.38. The monoisotopic (exact) mass is 189 g/mol. The number of hydrogen-bond donors (Lipinski definition) is 2. The molecule has 0 aromatic carbocycles. The largest absolute Gasteiger partial charge is 0.393 e. The molecule has 5 nitrogen and oxygen atoms in total. The summed E-state index contributed by atoms with van der Waals surface area (Å²) in [4.78, 5) is 11.1. The predicted molar refractivity (Wildman–Crippen MR) is 45.0 cm³/mol. The molecule has 1 amide bonds. The smallest absolute Gasteiger partial charge is 0.254 e. The lowest BCUT2D eigenvalue weighted by molar-refractivity contribution is -0.191. The SMILES string of the molecule is COC1CCCOC1(CO)C(N)=O. The second-order valence-electron chi connectivity index (χ2n) is 3.13. The Hall–Kier alpha value is -0.650. The Morgan fingerprint density at radius 1 is 1.85 bits per heavy atom. The Labute approximate surface area is 76.8 Å². The van der Waals surface area contributed by atoms with Gasteiger partial charge in [-0.2, -0.15) is 0 Å². The molecule has 0 radical (unpaired) electrons. The first kappa shape index (κ1) is 10.4. The van der Waals surface area contributed by atoms with E-state index in [1.165, 1.54) is 7.11 Å². The quantitative estimate of drug-likeness (QED) is 0.598. The van der Waals surface area contributed by atoms with Crippen molar-refractivity contribution in [3.63, 3.8) is 0 Å². The van der Waals surface area contributed by atoms with Gasteiger partial charge in [0.2, 0.25) is 0 Å². The van der Waals surface area contributed by atoms with Crippen molar-refractivity contribution in [3.05, 3.63) is 0 Å². The number of aliphatic hydroxyl groups is 1. The molecule has 76 valence electrons. The number of nitrogens with two attached hydrogens (primary N) is 1. The Balaban J connectivity index is 2.84. The van der Waals surface area contributed by atoms with E-state index in [0.29, 0.717) is 13.0 Å². The van der Waals surface area contributed by atoms with E-state index in [9.17, 15) is 4.79 Å². The Morgan fingerprint density at radius 3 is 2.92 bits per heavy atom. The summed E-state index contributed by atoms with van der Waals surface area (Å²) in [5, 5.41) is 9.11. The maximum absolute atomic E-state index is 11.1. The Morgan fingerprint density at radius 2 is 2.54 bits per heavy atom. The summed E-state index contributed by atoms with van der Waals surface area (Å²) in [5.41, 5.74) is 3.83. The third kappa shape index (κ3) is 1.67. The van der Waals surface area contributed by atoms with Crippen LogP contribution in [0.3, 0.4) is 0 Å². The van der Waals surface area contributed by atoms with Crippen LogP contribution in [0.15, 0.2) is 0 Å². The van der Waals surface area contributed by atoms with E-state index in [4.69, 9.17) is 20.3 Å².